The van der Waals surface area contributed by atoms with E-state index in [4.69, 9.17) is 9.47 Å². The minimum absolute atomic E-state index is 0.00634. The molecule has 2 aliphatic carbocycles. The second-order valence-electron chi connectivity index (χ2n) is 17.8. The Morgan fingerprint density at radius 2 is 1.84 bits per heavy atom. The molecular formula is C43H58FN5O8S. The van der Waals surface area contributed by atoms with Gasteiger partial charge in [-0.15, -0.1) is 0 Å². The number of nitrogens with one attached hydrogen (secondary N) is 1. The summed E-state index contributed by atoms with van der Waals surface area (Å²) in [4.78, 5) is 67.9. The maximum Gasteiger partial charge on any atom is 0.240 e. The number of sulfonamides is 1. The first-order chi connectivity index (χ1) is 27.6. The van der Waals surface area contributed by atoms with E-state index in [-0.39, 0.29) is 72.8 Å². The number of Topliss-reactive ketones (excluding diaryl/α,β-unsaturated/α-hetero) is 1. The zero-order valence-electron chi connectivity index (χ0n) is 34.4. The number of nitrogens with zero attached hydrogens (tertiary/aromatic N) is 4. The van der Waals surface area contributed by atoms with E-state index in [0.717, 1.165) is 25.9 Å². The first-order valence-electron chi connectivity index (χ1n) is 20.9. The van der Waals surface area contributed by atoms with Crippen molar-refractivity contribution in [3.8, 4) is 11.6 Å². The molecule has 3 aliphatic heterocycles. The van der Waals surface area contributed by atoms with E-state index in [1.165, 1.54) is 24.3 Å². The molecule has 1 aromatic carbocycles. The van der Waals surface area contributed by atoms with E-state index < -0.39 is 50.0 Å². The third-order valence-corrected chi connectivity index (χ3v) is 15.8. The first-order valence-corrected chi connectivity index (χ1v) is 22.4. The van der Waals surface area contributed by atoms with Crippen LogP contribution in [0.5, 0.6) is 11.6 Å². The second kappa shape index (κ2) is 16.5. The van der Waals surface area contributed by atoms with E-state index in [1.54, 1.807) is 19.1 Å². The Morgan fingerprint density at radius 3 is 2.53 bits per heavy atom. The SMILES string of the molecule is CC[C@@H]1C[C@H](C)CC/C=C\[C@@H]2C[C@@]2(C(=O)NS(=O)(=O)C2(C)CC2)CC(=O)[C@@H]2C[C@@H](Oc3nccc4cc(OC)c(F)cc34)CN2C(=O)[C@H]1CC(=O)N1CCN(C)CC1. The molecule has 1 aromatic heterocycles. The van der Waals surface area contributed by atoms with Gasteiger partial charge in [-0.2, -0.15) is 0 Å². The molecule has 1 N–H and O–H groups in total. The monoisotopic (exact) mass is 823 g/mol. The van der Waals surface area contributed by atoms with Gasteiger partial charge in [0.15, 0.2) is 17.3 Å². The van der Waals surface area contributed by atoms with E-state index >= 15 is 4.79 Å². The highest BCUT2D eigenvalue weighted by Gasteiger charge is 2.62. The fourth-order valence-electron chi connectivity index (χ4n) is 9.27. The van der Waals surface area contributed by atoms with Crippen molar-refractivity contribution in [2.45, 2.75) is 102 Å². The smallest absolute Gasteiger partial charge is 0.240 e. The summed E-state index contributed by atoms with van der Waals surface area (Å²) in [7, 11) is -0.575. The number of pyridine rings is 1. The number of methoxy groups -OCH3 is 1. The molecule has 2 saturated carbocycles. The van der Waals surface area contributed by atoms with Crippen LogP contribution in [0.3, 0.4) is 0 Å². The maximum atomic E-state index is 15.2. The zero-order chi connectivity index (χ0) is 41.6. The summed E-state index contributed by atoms with van der Waals surface area (Å²) >= 11 is 0. The van der Waals surface area contributed by atoms with Gasteiger partial charge in [-0.3, -0.25) is 23.9 Å². The largest absolute Gasteiger partial charge is 0.494 e. The predicted molar refractivity (Wildman–Crippen MR) is 216 cm³/mol. The third kappa shape index (κ3) is 8.48. The van der Waals surface area contributed by atoms with Gasteiger partial charge in [0, 0.05) is 62.9 Å². The number of piperazine rings is 1. The molecule has 15 heteroatoms. The lowest BCUT2D eigenvalue weighted by atomic mass is 9.79. The molecular weight excluding hydrogens is 766 g/mol. The Labute approximate surface area is 341 Å². The number of carbonyl (C=O) groups is 4. The number of halogens is 1. The van der Waals surface area contributed by atoms with Gasteiger partial charge in [-0.25, -0.2) is 17.8 Å². The Bertz CT molecular complexity index is 2070. The number of likely N-dealkylation sites (N-methyl/N-ethyl adjacent to an activating group) is 1. The summed E-state index contributed by atoms with van der Waals surface area (Å²) in [6, 6.07) is 3.53. The first kappa shape index (κ1) is 42.0. The standard InChI is InChI=1S/C43H58FN5O8S/c1-6-28-19-27(2)9-7-8-10-30-24-43(30,41(53)46-58(54,55)42(3)12-13-42)25-36(50)35-21-31(57-39-32-22-34(44)37(56-5)20-29(32)11-14-45-39)26-49(35)40(52)33(28)23-38(51)48-17-15-47(4)16-18-48/h8,10-11,14,20,22,27-28,30-31,33,35H,6-7,9,12-13,15-19,21,23-26H2,1-5H3,(H,46,53)/b10-8-/t27-,28-,30-,31-,33+,35+,43-/m1/s1. The van der Waals surface area contributed by atoms with Gasteiger partial charge < -0.3 is 24.2 Å². The van der Waals surface area contributed by atoms with Crippen LogP contribution in [0.15, 0.2) is 36.5 Å². The lowest BCUT2D eigenvalue weighted by Crippen LogP contribution is -2.50. The number of rotatable bonds is 9. The quantitative estimate of drug-likeness (QED) is 0.346. The summed E-state index contributed by atoms with van der Waals surface area (Å²) in [5.41, 5.74) is -1.29. The minimum Gasteiger partial charge on any atom is -0.494 e. The number of ketones is 1. The topological polar surface area (TPSA) is 156 Å². The van der Waals surface area contributed by atoms with Crippen LogP contribution in [-0.4, -0.2) is 115 Å². The van der Waals surface area contributed by atoms with Crippen molar-refractivity contribution in [1.82, 2.24) is 24.4 Å². The number of hydrogen-bond donors (Lipinski definition) is 1. The molecule has 58 heavy (non-hydrogen) atoms. The molecule has 0 radical (unpaired) electrons. The fourth-order valence-corrected chi connectivity index (χ4v) is 10.6. The van der Waals surface area contributed by atoms with Gasteiger partial charge in [-0.1, -0.05) is 32.4 Å². The van der Waals surface area contributed by atoms with Crippen molar-refractivity contribution in [1.29, 1.82) is 0 Å². The van der Waals surface area contributed by atoms with Crippen molar-refractivity contribution in [2.75, 3.05) is 46.9 Å². The summed E-state index contributed by atoms with van der Waals surface area (Å²) < 4.78 is 54.5. The molecule has 4 fully saturated rings. The number of aromatic nitrogens is 1. The average molecular weight is 824 g/mol. The molecule has 4 heterocycles. The number of fused-ring (bicyclic) bond motifs is 3. The number of amides is 3. The highest BCUT2D eigenvalue weighted by atomic mass is 32.2. The Balaban J connectivity index is 1.23. The fraction of sp³-hybridized carbons (Fsp3) is 0.651. The normalized spacial score (nSPS) is 31.1. The number of ether oxygens (including phenoxy) is 2. The van der Waals surface area contributed by atoms with Crippen molar-refractivity contribution < 1.29 is 41.5 Å². The van der Waals surface area contributed by atoms with Gasteiger partial charge in [0.2, 0.25) is 33.6 Å². The third-order valence-electron chi connectivity index (χ3n) is 13.7. The van der Waals surface area contributed by atoms with Crippen LogP contribution in [0.25, 0.3) is 10.8 Å². The molecule has 3 amide bonds. The van der Waals surface area contributed by atoms with E-state index in [1.807, 2.05) is 31.0 Å². The number of carbonyl (C=O) groups excluding carboxylic acids is 4. The molecule has 7 atom stereocenters. The minimum atomic E-state index is -3.97. The van der Waals surface area contributed by atoms with Gasteiger partial charge in [0.1, 0.15) is 6.10 Å². The van der Waals surface area contributed by atoms with Crippen LogP contribution in [0, 0.1) is 34.9 Å². The molecule has 0 bridgehead atoms. The van der Waals surface area contributed by atoms with Gasteiger partial charge >= 0.3 is 0 Å². The zero-order valence-corrected chi connectivity index (χ0v) is 35.2. The number of allylic oxidation sites excluding steroid dienone is 2. The Hall–Kier alpha value is -4.11. The summed E-state index contributed by atoms with van der Waals surface area (Å²) in [6.07, 6.45) is 8.71. The van der Waals surface area contributed by atoms with E-state index in [0.29, 0.717) is 56.0 Å². The number of benzene rings is 1. The van der Waals surface area contributed by atoms with Gasteiger partial charge in [0.25, 0.3) is 0 Å². The van der Waals surface area contributed by atoms with Crippen molar-refractivity contribution in [2.24, 2.45) is 29.1 Å². The van der Waals surface area contributed by atoms with Gasteiger partial charge in [0.05, 0.1) is 29.9 Å². The van der Waals surface area contributed by atoms with Crippen LogP contribution in [0.2, 0.25) is 0 Å². The molecule has 0 unspecified atom stereocenters. The summed E-state index contributed by atoms with van der Waals surface area (Å²) in [6.45, 7) is 8.43. The van der Waals surface area contributed by atoms with Crippen LogP contribution in [-0.2, 0) is 29.2 Å². The van der Waals surface area contributed by atoms with Gasteiger partial charge in [-0.05, 0) is 93.8 Å². The molecule has 0 spiro atoms. The van der Waals surface area contributed by atoms with Crippen LogP contribution >= 0.6 is 0 Å². The highest BCUT2D eigenvalue weighted by molar-refractivity contribution is 7.91. The predicted octanol–water partition coefficient (Wildman–Crippen LogP) is 4.88. The summed E-state index contributed by atoms with van der Waals surface area (Å²) in [5.74, 6) is -2.84. The molecule has 7 rings (SSSR count). The maximum absolute atomic E-state index is 15.2. The average Bonchev–Trinajstić information content (AvgIpc) is 4.07. The molecule has 2 saturated heterocycles. The summed E-state index contributed by atoms with van der Waals surface area (Å²) in [5, 5.41) is 1.02. The lowest BCUT2D eigenvalue weighted by Gasteiger charge is -2.36. The molecule has 13 nitrogen and oxygen atoms in total. The van der Waals surface area contributed by atoms with E-state index in [2.05, 4.69) is 21.5 Å². The molecule has 2 aromatic rings. The molecule has 5 aliphatic rings. The van der Waals surface area contributed by atoms with Crippen LogP contribution in [0.1, 0.15) is 85.0 Å². The van der Waals surface area contributed by atoms with E-state index in [9.17, 15) is 27.2 Å². The van der Waals surface area contributed by atoms with Crippen molar-refractivity contribution in [3.05, 3.63) is 42.4 Å². The lowest BCUT2D eigenvalue weighted by molar-refractivity contribution is -0.147. The second-order valence-corrected chi connectivity index (χ2v) is 20.0. The Kier molecular flexibility index (Phi) is 12.0. The highest BCUT2D eigenvalue weighted by Crippen LogP contribution is 2.58. The van der Waals surface area contributed by atoms with Crippen molar-refractivity contribution in [3.63, 3.8) is 0 Å². The van der Waals surface area contributed by atoms with Crippen LogP contribution < -0.4 is 14.2 Å². The Morgan fingerprint density at radius 1 is 1.10 bits per heavy atom. The number of hydrogen-bond acceptors (Lipinski definition) is 10. The van der Waals surface area contributed by atoms with Crippen molar-refractivity contribution >= 4 is 44.3 Å². The van der Waals surface area contributed by atoms with Crippen LogP contribution in [0.4, 0.5) is 4.39 Å². The molecule has 316 valence electrons.